The average molecular weight is 274 g/mol. The van der Waals surface area contributed by atoms with Crippen LogP contribution in [0.1, 0.15) is 29.7 Å². The summed E-state index contributed by atoms with van der Waals surface area (Å²) in [7, 11) is 1.47. The van der Waals surface area contributed by atoms with E-state index in [1.165, 1.54) is 13.2 Å². The monoisotopic (exact) mass is 274 g/mol. The van der Waals surface area contributed by atoms with Gasteiger partial charge in [0.25, 0.3) is 0 Å². The number of benzene rings is 1. The molecule has 0 amide bonds. The van der Waals surface area contributed by atoms with Gasteiger partial charge in [0, 0.05) is 12.4 Å². The zero-order chi connectivity index (χ0) is 14.5. The number of methoxy groups -OCH3 is 1. The van der Waals surface area contributed by atoms with E-state index in [4.69, 9.17) is 4.74 Å². The molecule has 2 aromatic rings. The molecule has 1 aromatic heterocycles. The van der Waals surface area contributed by atoms with Gasteiger partial charge in [-0.25, -0.2) is 4.39 Å². The highest BCUT2D eigenvalue weighted by atomic mass is 19.1. The minimum absolute atomic E-state index is 0.0248. The Bertz CT molecular complexity index is 586. The Balaban J connectivity index is 2.46. The highest BCUT2D eigenvalue weighted by Gasteiger charge is 2.17. The van der Waals surface area contributed by atoms with Crippen molar-refractivity contribution in [3.8, 4) is 5.75 Å². The van der Waals surface area contributed by atoms with Crippen LogP contribution in [0.4, 0.5) is 4.39 Å². The minimum atomic E-state index is -0.352. The molecule has 1 atom stereocenters. The first-order valence-corrected chi connectivity index (χ1v) is 6.64. The summed E-state index contributed by atoms with van der Waals surface area (Å²) < 4.78 is 18.6. The maximum Gasteiger partial charge on any atom is 0.165 e. The summed E-state index contributed by atoms with van der Waals surface area (Å²) in [6.45, 7) is 4.89. The highest BCUT2D eigenvalue weighted by molar-refractivity contribution is 5.39. The first kappa shape index (κ1) is 14.5. The molecule has 4 heteroatoms. The molecule has 1 unspecified atom stereocenters. The number of rotatable bonds is 5. The quantitative estimate of drug-likeness (QED) is 0.909. The van der Waals surface area contributed by atoms with Gasteiger partial charge in [-0.3, -0.25) is 4.98 Å². The number of hydrogen-bond donors (Lipinski definition) is 1. The largest absolute Gasteiger partial charge is 0.494 e. The van der Waals surface area contributed by atoms with Gasteiger partial charge in [0.2, 0.25) is 0 Å². The van der Waals surface area contributed by atoms with Crippen LogP contribution >= 0.6 is 0 Å². The van der Waals surface area contributed by atoms with Crippen molar-refractivity contribution in [1.82, 2.24) is 10.3 Å². The summed E-state index contributed by atoms with van der Waals surface area (Å²) >= 11 is 0. The van der Waals surface area contributed by atoms with E-state index >= 15 is 0 Å². The second-order valence-corrected chi connectivity index (χ2v) is 4.62. The Hall–Kier alpha value is -1.94. The number of nitrogens with zero attached hydrogens (tertiary/aromatic N) is 1. The molecule has 1 N–H and O–H groups in total. The molecule has 0 aliphatic heterocycles. The Morgan fingerprint density at radius 1 is 1.35 bits per heavy atom. The van der Waals surface area contributed by atoms with E-state index in [0.29, 0.717) is 0 Å². The van der Waals surface area contributed by atoms with Crippen LogP contribution in [0, 0.1) is 12.7 Å². The number of aromatic nitrogens is 1. The number of aryl methyl sites for hydroxylation is 1. The molecule has 0 aliphatic carbocycles. The van der Waals surface area contributed by atoms with Crippen LogP contribution in [0.15, 0.2) is 36.7 Å². The van der Waals surface area contributed by atoms with Crippen molar-refractivity contribution in [2.75, 3.05) is 13.7 Å². The van der Waals surface area contributed by atoms with Crippen LogP contribution < -0.4 is 10.1 Å². The van der Waals surface area contributed by atoms with Gasteiger partial charge < -0.3 is 10.1 Å². The van der Waals surface area contributed by atoms with Gasteiger partial charge >= 0.3 is 0 Å². The molecule has 0 aliphatic rings. The van der Waals surface area contributed by atoms with Gasteiger partial charge in [-0.1, -0.05) is 13.0 Å². The van der Waals surface area contributed by atoms with Crippen molar-refractivity contribution in [3.05, 3.63) is 59.2 Å². The Labute approximate surface area is 118 Å². The van der Waals surface area contributed by atoms with Crippen LogP contribution in [0.2, 0.25) is 0 Å². The van der Waals surface area contributed by atoms with Crippen molar-refractivity contribution in [2.45, 2.75) is 19.9 Å². The third-order valence-electron chi connectivity index (χ3n) is 3.31. The number of pyridine rings is 1. The molecule has 0 fully saturated rings. The molecule has 3 nitrogen and oxygen atoms in total. The fraction of sp³-hybridized carbons (Fsp3) is 0.312. The van der Waals surface area contributed by atoms with Crippen LogP contribution in [0.25, 0.3) is 0 Å². The van der Waals surface area contributed by atoms with Gasteiger partial charge in [-0.2, -0.15) is 0 Å². The van der Waals surface area contributed by atoms with Crippen molar-refractivity contribution >= 4 is 0 Å². The highest BCUT2D eigenvalue weighted by Crippen LogP contribution is 2.28. The lowest BCUT2D eigenvalue weighted by atomic mass is 9.96. The van der Waals surface area contributed by atoms with E-state index in [2.05, 4.69) is 10.3 Å². The Kier molecular flexibility index (Phi) is 4.69. The molecule has 0 saturated heterocycles. The van der Waals surface area contributed by atoms with E-state index in [1.54, 1.807) is 18.3 Å². The number of ether oxygens (including phenoxy) is 1. The zero-order valence-electron chi connectivity index (χ0n) is 12.0. The normalized spacial score (nSPS) is 12.2. The molecule has 0 spiro atoms. The second-order valence-electron chi connectivity index (χ2n) is 4.62. The van der Waals surface area contributed by atoms with E-state index in [-0.39, 0.29) is 17.6 Å². The van der Waals surface area contributed by atoms with Crippen molar-refractivity contribution < 1.29 is 9.13 Å². The van der Waals surface area contributed by atoms with Gasteiger partial charge in [0.05, 0.1) is 13.2 Å². The first-order valence-electron chi connectivity index (χ1n) is 6.64. The lowest BCUT2D eigenvalue weighted by Gasteiger charge is -2.21. The van der Waals surface area contributed by atoms with Crippen molar-refractivity contribution in [3.63, 3.8) is 0 Å². The van der Waals surface area contributed by atoms with Crippen LogP contribution in [0.3, 0.4) is 0 Å². The molecule has 2 rings (SSSR count). The third-order valence-corrected chi connectivity index (χ3v) is 3.31. The van der Waals surface area contributed by atoms with Crippen LogP contribution in [-0.4, -0.2) is 18.6 Å². The first-order chi connectivity index (χ1) is 9.67. The maximum atomic E-state index is 13.5. The minimum Gasteiger partial charge on any atom is -0.494 e. The van der Waals surface area contributed by atoms with E-state index < -0.39 is 0 Å². The van der Waals surface area contributed by atoms with E-state index in [9.17, 15) is 4.39 Å². The SMILES string of the molecule is CCNC(c1ccc(F)c(OC)c1)c1cnccc1C. The van der Waals surface area contributed by atoms with Gasteiger partial charge in [0.15, 0.2) is 11.6 Å². The van der Waals surface area contributed by atoms with Crippen molar-refractivity contribution in [1.29, 1.82) is 0 Å². The molecular formula is C16H19FN2O. The summed E-state index contributed by atoms with van der Waals surface area (Å²) in [4.78, 5) is 4.19. The lowest BCUT2D eigenvalue weighted by molar-refractivity contribution is 0.385. The number of halogens is 1. The predicted octanol–water partition coefficient (Wildman–Crippen LogP) is 3.24. The van der Waals surface area contributed by atoms with Crippen molar-refractivity contribution in [2.24, 2.45) is 0 Å². The van der Waals surface area contributed by atoms with Gasteiger partial charge in [-0.05, 0) is 48.4 Å². The molecule has 0 saturated carbocycles. The van der Waals surface area contributed by atoms with E-state index in [1.807, 2.05) is 26.1 Å². The molecule has 20 heavy (non-hydrogen) atoms. The summed E-state index contributed by atoms with van der Waals surface area (Å²) in [5, 5.41) is 3.41. The van der Waals surface area contributed by atoms with Gasteiger partial charge in [0.1, 0.15) is 0 Å². The van der Waals surface area contributed by atoms with E-state index in [0.717, 1.165) is 23.2 Å². The molecule has 1 aromatic carbocycles. The third kappa shape index (κ3) is 2.96. The fourth-order valence-electron chi connectivity index (χ4n) is 2.25. The Morgan fingerprint density at radius 2 is 2.15 bits per heavy atom. The topological polar surface area (TPSA) is 34.1 Å². The standard InChI is InChI=1S/C16H19FN2O/c1-4-19-16(13-10-18-8-7-11(13)2)12-5-6-14(17)15(9-12)20-3/h5-10,16,19H,4H2,1-3H3. The molecular weight excluding hydrogens is 255 g/mol. The molecule has 0 bridgehead atoms. The summed E-state index contributed by atoms with van der Waals surface area (Å²) in [6.07, 6.45) is 3.62. The number of hydrogen-bond acceptors (Lipinski definition) is 3. The molecule has 0 radical (unpaired) electrons. The van der Waals surface area contributed by atoms with Gasteiger partial charge in [-0.15, -0.1) is 0 Å². The predicted molar refractivity (Wildman–Crippen MR) is 77.4 cm³/mol. The Morgan fingerprint density at radius 3 is 2.80 bits per heavy atom. The fourth-order valence-corrected chi connectivity index (χ4v) is 2.25. The summed E-state index contributed by atoms with van der Waals surface area (Å²) in [5.74, 6) is -0.0960. The summed E-state index contributed by atoms with van der Waals surface area (Å²) in [6, 6.07) is 6.89. The summed E-state index contributed by atoms with van der Waals surface area (Å²) in [5.41, 5.74) is 3.19. The smallest absolute Gasteiger partial charge is 0.165 e. The molecule has 1 heterocycles. The maximum absolute atomic E-state index is 13.5. The lowest BCUT2D eigenvalue weighted by Crippen LogP contribution is -2.23. The number of nitrogens with one attached hydrogen (secondary N) is 1. The second kappa shape index (κ2) is 6.48. The van der Waals surface area contributed by atoms with Crippen LogP contribution in [0.5, 0.6) is 5.75 Å². The van der Waals surface area contributed by atoms with Crippen LogP contribution in [-0.2, 0) is 0 Å². The molecule has 106 valence electrons. The average Bonchev–Trinajstić information content (AvgIpc) is 2.46. The zero-order valence-corrected chi connectivity index (χ0v) is 12.0.